The van der Waals surface area contributed by atoms with E-state index in [4.69, 9.17) is 26.3 Å². The standard InChI is InChI=1S/C12H12ClNO3/c1-3-10(6-14)17-12-8(7-15)4-9(13)5-11(12)16-2/h4-5,7,10H,3H2,1-2H3. The Morgan fingerprint density at radius 3 is 2.76 bits per heavy atom. The van der Waals surface area contributed by atoms with Crippen LogP contribution < -0.4 is 9.47 Å². The molecule has 0 aromatic heterocycles. The number of nitrogens with zero attached hydrogens (tertiary/aromatic N) is 1. The Labute approximate surface area is 105 Å². The van der Waals surface area contributed by atoms with Crippen molar-refractivity contribution < 1.29 is 14.3 Å². The molecule has 0 radical (unpaired) electrons. The van der Waals surface area contributed by atoms with Gasteiger partial charge in [-0.3, -0.25) is 4.79 Å². The van der Waals surface area contributed by atoms with Crippen LogP contribution in [0.5, 0.6) is 11.5 Å². The molecule has 0 aliphatic heterocycles. The molecule has 0 N–H and O–H groups in total. The highest BCUT2D eigenvalue weighted by Gasteiger charge is 2.16. The number of hydrogen-bond donors (Lipinski definition) is 0. The van der Waals surface area contributed by atoms with Crippen LogP contribution in [0.4, 0.5) is 0 Å². The van der Waals surface area contributed by atoms with Gasteiger partial charge in [-0.2, -0.15) is 5.26 Å². The second-order valence-corrected chi connectivity index (χ2v) is 3.72. The zero-order valence-corrected chi connectivity index (χ0v) is 10.3. The maximum Gasteiger partial charge on any atom is 0.184 e. The van der Waals surface area contributed by atoms with Crippen LogP contribution in [0.2, 0.25) is 5.02 Å². The van der Waals surface area contributed by atoms with Crippen LogP contribution >= 0.6 is 11.6 Å². The third-order valence-corrected chi connectivity index (χ3v) is 2.39. The predicted molar refractivity (Wildman–Crippen MR) is 63.7 cm³/mol. The fourth-order valence-corrected chi connectivity index (χ4v) is 1.51. The van der Waals surface area contributed by atoms with Gasteiger partial charge in [0.25, 0.3) is 0 Å². The molecule has 90 valence electrons. The Bertz CT molecular complexity index is 454. The number of carbonyl (C=O) groups excluding carboxylic acids is 1. The Morgan fingerprint density at radius 2 is 2.29 bits per heavy atom. The largest absolute Gasteiger partial charge is 0.493 e. The Kier molecular flexibility index (Phi) is 4.80. The highest BCUT2D eigenvalue weighted by molar-refractivity contribution is 6.31. The van der Waals surface area contributed by atoms with Gasteiger partial charge in [-0.05, 0) is 12.5 Å². The zero-order chi connectivity index (χ0) is 12.8. The molecule has 0 aliphatic carbocycles. The van der Waals surface area contributed by atoms with E-state index in [2.05, 4.69) is 0 Å². The molecule has 1 atom stereocenters. The van der Waals surface area contributed by atoms with Gasteiger partial charge in [0.15, 0.2) is 23.9 Å². The van der Waals surface area contributed by atoms with Crippen LogP contribution in [0.1, 0.15) is 23.7 Å². The number of hydrogen-bond acceptors (Lipinski definition) is 4. The van der Waals surface area contributed by atoms with E-state index in [1.54, 1.807) is 0 Å². The van der Waals surface area contributed by atoms with Crippen molar-refractivity contribution in [1.29, 1.82) is 5.26 Å². The van der Waals surface area contributed by atoms with E-state index in [1.165, 1.54) is 19.2 Å². The number of ether oxygens (including phenoxy) is 2. The monoisotopic (exact) mass is 253 g/mol. The van der Waals surface area contributed by atoms with Crippen molar-refractivity contribution in [2.45, 2.75) is 19.4 Å². The van der Waals surface area contributed by atoms with Gasteiger partial charge >= 0.3 is 0 Å². The fraction of sp³-hybridized carbons (Fsp3) is 0.333. The number of carbonyl (C=O) groups is 1. The molecule has 1 rings (SSSR count). The SMILES string of the molecule is CCC(C#N)Oc1c(C=O)cc(Cl)cc1OC. The summed E-state index contributed by atoms with van der Waals surface area (Å²) in [6, 6.07) is 5.00. The lowest BCUT2D eigenvalue weighted by Crippen LogP contribution is -2.14. The average Bonchev–Trinajstić information content (AvgIpc) is 2.36. The number of nitriles is 1. The highest BCUT2D eigenvalue weighted by Crippen LogP contribution is 2.34. The van der Waals surface area contributed by atoms with Crippen molar-refractivity contribution in [2.75, 3.05) is 7.11 Å². The van der Waals surface area contributed by atoms with Gasteiger partial charge in [0, 0.05) is 11.1 Å². The fourth-order valence-electron chi connectivity index (χ4n) is 1.30. The Balaban J connectivity index is 3.20. The number of benzene rings is 1. The van der Waals surface area contributed by atoms with Gasteiger partial charge in [0.2, 0.25) is 0 Å². The van der Waals surface area contributed by atoms with Crippen molar-refractivity contribution in [1.82, 2.24) is 0 Å². The number of rotatable bonds is 5. The van der Waals surface area contributed by atoms with Gasteiger partial charge < -0.3 is 9.47 Å². The molecule has 0 spiro atoms. The summed E-state index contributed by atoms with van der Waals surface area (Å²) in [5.74, 6) is 0.591. The zero-order valence-electron chi connectivity index (χ0n) is 9.57. The first-order chi connectivity index (χ1) is 8.15. The Morgan fingerprint density at radius 1 is 1.59 bits per heavy atom. The van der Waals surface area contributed by atoms with Crippen molar-refractivity contribution >= 4 is 17.9 Å². The molecule has 1 aromatic carbocycles. The van der Waals surface area contributed by atoms with Crippen molar-refractivity contribution in [3.63, 3.8) is 0 Å². The van der Waals surface area contributed by atoms with Gasteiger partial charge in [-0.15, -0.1) is 0 Å². The van der Waals surface area contributed by atoms with Crippen LogP contribution in [0.15, 0.2) is 12.1 Å². The molecule has 1 unspecified atom stereocenters. The first-order valence-electron chi connectivity index (χ1n) is 5.05. The summed E-state index contributed by atoms with van der Waals surface area (Å²) in [7, 11) is 1.44. The first kappa shape index (κ1) is 13.3. The first-order valence-corrected chi connectivity index (χ1v) is 5.43. The summed E-state index contributed by atoms with van der Waals surface area (Å²) < 4.78 is 10.5. The summed E-state index contributed by atoms with van der Waals surface area (Å²) in [5, 5.41) is 9.22. The second kappa shape index (κ2) is 6.12. The summed E-state index contributed by atoms with van der Waals surface area (Å²) in [5.41, 5.74) is 0.267. The molecule has 0 amide bonds. The highest BCUT2D eigenvalue weighted by atomic mass is 35.5. The van der Waals surface area contributed by atoms with E-state index in [0.717, 1.165) is 0 Å². The maximum absolute atomic E-state index is 10.9. The van der Waals surface area contributed by atoms with E-state index in [0.29, 0.717) is 23.5 Å². The van der Waals surface area contributed by atoms with Crippen LogP contribution in [-0.2, 0) is 0 Å². The number of halogens is 1. The van der Waals surface area contributed by atoms with Crippen molar-refractivity contribution in [2.24, 2.45) is 0 Å². The van der Waals surface area contributed by atoms with Gasteiger partial charge in [0.1, 0.15) is 6.07 Å². The lowest BCUT2D eigenvalue weighted by molar-refractivity contribution is 0.111. The number of methoxy groups -OCH3 is 1. The minimum Gasteiger partial charge on any atom is -0.493 e. The summed E-state index contributed by atoms with van der Waals surface area (Å²) in [4.78, 5) is 10.9. The topological polar surface area (TPSA) is 59.3 Å². The lowest BCUT2D eigenvalue weighted by Gasteiger charge is -2.15. The molecule has 1 aromatic rings. The van der Waals surface area contributed by atoms with E-state index < -0.39 is 6.10 Å². The molecule has 0 fully saturated rings. The van der Waals surface area contributed by atoms with Crippen LogP contribution in [0, 0.1) is 11.3 Å². The number of aldehydes is 1. The van der Waals surface area contributed by atoms with E-state index in [9.17, 15) is 4.79 Å². The Hall–Kier alpha value is -1.73. The van der Waals surface area contributed by atoms with Gasteiger partial charge in [0.05, 0.1) is 12.7 Å². The van der Waals surface area contributed by atoms with Crippen molar-refractivity contribution in [3.05, 3.63) is 22.7 Å². The molecular formula is C12H12ClNO3. The van der Waals surface area contributed by atoms with Gasteiger partial charge in [-0.1, -0.05) is 18.5 Å². The third-order valence-electron chi connectivity index (χ3n) is 2.17. The van der Waals surface area contributed by atoms with Crippen LogP contribution in [0.25, 0.3) is 0 Å². The minimum absolute atomic E-state index is 0.250. The third kappa shape index (κ3) is 3.11. The molecule has 5 heteroatoms. The molecular weight excluding hydrogens is 242 g/mol. The molecule has 0 saturated heterocycles. The predicted octanol–water partition coefficient (Wildman–Crippen LogP) is 2.84. The quantitative estimate of drug-likeness (QED) is 0.757. The minimum atomic E-state index is -0.622. The molecule has 0 heterocycles. The normalized spacial score (nSPS) is 11.4. The molecule has 0 bridgehead atoms. The van der Waals surface area contributed by atoms with Crippen LogP contribution in [-0.4, -0.2) is 19.5 Å². The molecule has 4 nitrogen and oxygen atoms in total. The van der Waals surface area contributed by atoms with Crippen molar-refractivity contribution in [3.8, 4) is 17.6 Å². The summed E-state index contributed by atoms with van der Waals surface area (Å²) in [6.07, 6.45) is 0.512. The summed E-state index contributed by atoms with van der Waals surface area (Å²) >= 11 is 5.82. The van der Waals surface area contributed by atoms with E-state index in [-0.39, 0.29) is 11.3 Å². The maximum atomic E-state index is 10.9. The van der Waals surface area contributed by atoms with Crippen LogP contribution in [0.3, 0.4) is 0 Å². The molecule has 0 saturated carbocycles. The lowest BCUT2D eigenvalue weighted by atomic mass is 10.2. The average molecular weight is 254 g/mol. The second-order valence-electron chi connectivity index (χ2n) is 3.29. The molecule has 0 aliphatic rings. The van der Waals surface area contributed by atoms with E-state index in [1.807, 2.05) is 13.0 Å². The molecule has 17 heavy (non-hydrogen) atoms. The van der Waals surface area contributed by atoms with E-state index >= 15 is 0 Å². The summed E-state index contributed by atoms with van der Waals surface area (Å²) in [6.45, 7) is 1.82. The smallest absolute Gasteiger partial charge is 0.184 e. The van der Waals surface area contributed by atoms with Gasteiger partial charge in [-0.25, -0.2) is 0 Å².